The fraction of sp³-hybridized carbons (Fsp3) is 0.421. The molecule has 2 heterocycles. The number of alkyl halides is 4. The Balaban J connectivity index is 1.97. The van der Waals surface area contributed by atoms with Gasteiger partial charge in [-0.05, 0) is 12.1 Å². The van der Waals surface area contributed by atoms with Crippen LogP contribution in [0.2, 0.25) is 0 Å². The molecule has 1 N–H and O–H groups in total. The normalized spacial score (nSPS) is 20.1. The molecule has 12 heteroatoms. The Hall–Kier alpha value is -3.18. The second-order valence-electron chi connectivity index (χ2n) is 7.14. The van der Waals surface area contributed by atoms with Gasteiger partial charge in [-0.3, -0.25) is 14.3 Å². The largest absolute Gasteiger partial charge is 0.455 e. The van der Waals surface area contributed by atoms with Gasteiger partial charge in [-0.1, -0.05) is 6.07 Å². The first-order valence-corrected chi connectivity index (χ1v) is 9.16. The number of carbonyl (C=O) groups is 2. The third-order valence-electron chi connectivity index (χ3n) is 4.94. The third-order valence-corrected chi connectivity index (χ3v) is 4.94. The van der Waals surface area contributed by atoms with Crippen molar-refractivity contribution < 1.29 is 36.3 Å². The van der Waals surface area contributed by atoms with Crippen LogP contribution in [0.1, 0.15) is 24.1 Å². The van der Waals surface area contributed by atoms with E-state index in [1.54, 1.807) is 0 Å². The number of aromatic nitrogens is 2. The molecular weight excluding hydrogens is 427 g/mol. The van der Waals surface area contributed by atoms with Crippen LogP contribution in [-0.4, -0.2) is 46.4 Å². The first-order chi connectivity index (χ1) is 14.4. The van der Waals surface area contributed by atoms with Crippen molar-refractivity contribution in [3.63, 3.8) is 0 Å². The topological polar surface area (TPSA) is 76.5 Å². The van der Waals surface area contributed by atoms with E-state index < -0.39 is 53.4 Å². The van der Waals surface area contributed by atoms with E-state index in [2.05, 4.69) is 10.4 Å². The lowest BCUT2D eigenvalue weighted by atomic mass is 9.87. The summed E-state index contributed by atoms with van der Waals surface area (Å²) in [5.74, 6) is -5.91. The molecule has 0 bridgehead atoms. The van der Waals surface area contributed by atoms with Crippen LogP contribution in [0.5, 0.6) is 5.75 Å². The van der Waals surface area contributed by atoms with E-state index in [0.717, 1.165) is 31.1 Å². The van der Waals surface area contributed by atoms with Crippen molar-refractivity contribution in [3.05, 3.63) is 41.5 Å². The van der Waals surface area contributed by atoms with Gasteiger partial charge >= 0.3 is 6.18 Å². The van der Waals surface area contributed by atoms with E-state index in [9.17, 15) is 31.5 Å². The van der Waals surface area contributed by atoms with Crippen molar-refractivity contribution in [2.45, 2.75) is 25.4 Å². The summed E-state index contributed by atoms with van der Waals surface area (Å²) < 4.78 is 73.3. The first kappa shape index (κ1) is 22.5. The van der Waals surface area contributed by atoms with Gasteiger partial charge in [0.1, 0.15) is 11.6 Å². The molecule has 1 saturated heterocycles. The number of nitrogens with zero attached hydrogens (tertiary/aromatic N) is 3. The van der Waals surface area contributed by atoms with Crippen molar-refractivity contribution in [2.75, 3.05) is 18.9 Å². The number of aryl methyl sites for hydroxylation is 1. The summed E-state index contributed by atoms with van der Waals surface area (Å²) in [6.07, 6.45) is -5.68. The summed E-state index contributed by atoms with van der Waals surface area (Å²) in [6, 6.07) is 3.43. The lowest BCUT2D eigenvalue weighted by Gasteiger charge is -2.19. The van der Waals surface area contributed by atoms with Crippen molar-refractivity contribution >= 4 is 17.5 Å². The van der Waals surface area contributed by atoms with Crippen LogP contribution >= 0.6 is 0 Å². The van der Waals surface area contributed by atoms with Gasteiger partial charge in [0.15, 0.2) is 11.6 Å². The highest BCUT2D eigenvalue weighted by Crippen LogP contribution is 2.41. The highest BCUT2D eigenvalue weighted by Gasteiger charge is 2.49. The smallest absolute Gasteiger partial charge is 0.433 e. The number of para-hydroxylation sites is 1. The summed E-state index contributed by atoms with van der Waals surface area (Å²) in [5, 5.41) is 5.93. The first-order valence-electron chi connectivity index (χ1n) is 9.16. The molecule has 3 atom stereocenters. The number of likely N-dealkylation sites (tertiary alicyclic amines) is 1. The molecule has 31 heavy (non-hydrogen) atoms. The number of likely N-dealkylation sites (N-methyl/N-ethyl adjacent to an activating group) is 1. The van der Waals surface area contributed by atoms with Crippen LogP contribution in [0.15, 0.2) is 24.4 Å². The van der Waals surface area contributed by atoms with Crippen LogP contribution in [0.25, 0.3) is 0 Å². The number of anilines is 1. The van der Waals surface area contributed by atoms with Crippen LogP contribution in [-0.2, 0) is 22.8 Å². The molecule has 1 aliphatic rings. The summed E-state index contributed by atoms with van der Waals surface area (Å²) in [7, 11) is 2.46. The Bertz CT molecular complexity index is 1000. The number of nitrogens with one attached hydrogen (secondary N) is 1. The fourth-order valence-electron chi connectivity index (χ4n) is 3.65. The molecule has 0 radical (unpaired) electrons. The second-order valence-corrected chi connectivity index (χ2v) is 7.14. The number of hydrogen-bond donors (Lipinski definition) is 1. The van der Waals surface area contributed by atoms with E-state index >= 15 is 0 Å². The summed E-state index contributed by atoms with van der Waals surface area (Å²) in [6.45, 7) is 0.852. The maximum Gasteiger partial charge on any atom is 0.433 e. The molecular formula is C19H19F5N4O3. The highest BCUT2D eigenvalue weighted by atomic mass is 19.4. The molecule has 2 aromatic rings. The molecule has 1 fully saturated rings. The van der Waals surface area contributed by atoms with E-state index in [0.29, 0.717) is 4.68 Å². The molecule has 0 spiro atoms. The van der Waals surface area contributed by atoms with E-state index in [1.165, 1.54) is 19.2 Å². The molecule has 168 valence electrons. The average molecular weight is 446 g/mol. The Morgan fingerprint density at radius 1 is 1.32 bits per heavy atom. The minimum absolute atomic E-state index is 0.153. The average Bonchev–Trinajstić information content (AvgIpc) is 3.17. The number of rotatable bonds is 5. The summed E-state index contributed by atoms with van der Waals surface area (Å²) in [4.78, 5) is 26.7. The van der Waals surface area contributed by atoms with Crippen LogP contribution < -0.4 is 10.1 Å². The van der Waals surface area contributed by atoms with Gasteiger partial charge in [0.05, 0.1) is 11.9 Å². The van der Waals surface area contributed by atoms with E-state index in [4.69, 9.17) is 4.74 Å². The SMILES string of the molecule is CC(F)Oc1c(F)cccc1NC(=O)[C@H]1C(=O)N(C)C[C@@H]1c1cnn(C)c1C(F)(F)F. The van der Waals surface area contributed by atoms with Crippen molar-refractivity contribution in [1.82, 2.24) is 14.7 Å². The number of ether oxygens (including phenoxy) is 1. The molecule has 1 aromatic heterocycles. The van der Waals surface area contributed by atoms with Crippen molar-refractivity contribution in [3.8, 4) is 5.75 Å². The van der Waals surface area contributed by atoms with Gasteiger partial charge in [-0.15, -0.1) is 0 Å². The molecule has 2 amide bonds. The van der Waals surface area contributed by atoms with Gasteiger partial charge in [0.2, 0.25) is 18.2 Å². The maximum atomic E-state index is 14.1. The Labute approximate surface area is 173 Å². The minimum atomic E-state index is -4.76. The standard InChI is InChI=1S/C19H19F5N4O3/c1-9(20)31-15-12(21)5-4-6-13(15)26-17(29)14-11(8-27(2)18(14)30)10-7-25-28(3)16(10)19(22,23)24/h4-7,9,11,14H,8H2,1-3H3,(H,26,29)/t9?,11-,14+/m1/s1. The monoisotopic (exact) mass is 446 g/mol. The van der Waals surface area contributed by atoms with Crippen LogP contribution in [0.4, 0.5) is 27.6 Å². The maximum absolute atomic E-state index is 14.1. The van der Waals surface area contributed by atoms with Crippen molar-refractivity contribution in [1.29, 1.82) is 0 Å². The second kappa shape index (κ2) is 8.16. The zero-order valence-electron chi connectivity index (χ0n) is 16.7. The van der Waals surface area contributed by atoms with Gasteiger partial charge in [0.25, 0.3) is 0 Å². The molecule has 1 unspecified atom stereocenters. The van der Waals surface area contributed by atoms with Gasteiger partial charge in [0, 0.05) is 39.0 Å². The Kier molecular flexibility index (Phi) is 5.92. The number of halogens is 5. The predicted octanol–water partition coefficient (Wildman–Crippen LogP) is 3.08. The van der Waals surface area contributed by atoms with Gasteiger partial charge < -0.3 is 15.0 Å². The number of hydrogen-bond acceptors (Lipinski definition) is 4. The van der Waals surface area contributed by atoms with E-state index in [-0.39, 0.29) is 17.8 Å². The Morgan fingerprint density at radius 3 is 2.61 bits per heavy atom. The molecule has 3 rings (SSSR count). The quantitative estimate of drug-likeness (QED) is 0.566. The zero-order chi connectivity index (χ0) is 23.1. The summed E-state index contributed by atoms with van der Waals surface area (Å²) in [5.41, 5.74) is -1.63. The minimum Gasteiger partial charge on any atom is -0.455 e. The van der Waals surface area contributed by atoms with Crippen molar-refractivity contribution in [2.24, 2.45) is 13.0 Å². The fourth-order valence-corrected chi connectivity index (χ4v) is 3.65. The number of benzene rings is 1. The zero-order valence-corrected chi connectivity index (χ0v) is 16.7. The lowest BCUT2D eigenvalue weighted by molar-refractivity contribution is -0.145. The summed E-state index contributed by atoms with van der Waals surface area (Å²) >= 11 is 0. The molecule has 1 aromatic carbocycles. The number of carbonyl (C=O) groups excluding carboxylic acids is 2. The highest BCUT2D eigenvalue weighted by molar-refractivity contribution is 6.09. The van der Waals surface area contributed by atoms with Gasteiger partial charge in [-0.2, -0.15) is 18.3 Å². The lowest BCUT2D eigenvalue weighted by Crippen LogP contribution is -2.33. The Morgan fingerprint density at radius 2 is 2.00 bits per heavy atom. The molecule has 0 saturated carbocycles. The van der Waals surface area contributed by atoms with Crippen LogP contribution in [0.3, 0.4) is 0 Å². The van der Waals surface area contributed by atoms with Gasteiger partial charge in [-0.25, -0.2) is 8.78 Å². The third kappa shape index (κ3) is 4.32. The van der Waals surface area contributed by atoms with E-state index in [1.807, 2.05) is 0 Å². The molecule has 1 aliphatic heterocycles. The molecule has 7 nitrogen and oxygen atoms in total. The predicted molar refractivity (Wildman–Crippen MR) is 98.3 cm³/mol. The van der Waals surface area contributed by atoms with Crippen LogP contribution in [0, 0.1) is 11.7 Å². The molecule has 0 aliphatic carbocycles. The number of amides is 2.